The molecule has 2 aromatic rings. The van der Waals surface area contributed by atoms with Crippen LogP contribution < -0.4 is 5.32 Å². The van der Waals surface area contributed by atoms with Gasteiger partial charge in [0.2, 0.25) is 0 Å². The van der Waals surface area contributed by atoms with Gasteiger partial charge < -0.3 is 15.1 Å². The summed E-state index contributed by atoms with van der Waals surface area (Å²) >= 11 is 0. The molecule has 0 spiro atoms. The normalized spacial score (nSPS) is 17.4. The molecule has 1 aliphatic heterocycles. The fraction of sp³-hybridized carbons (Fsp3) is 0.474. The Morgan fingerprint density at radius 3 is 2.68 bits per heavy atom. The number of nitrogens with zero attached hydrogens (tertiary/aromatic N) is 4. The molecular weight excluding hydrogens is 314 g/mol. The molecule has 1 saturated heterocycles. The Labute approximate surface area is 149 Å². The van der Waals surface area contributed by atoms with Crippen LogP contribution in [0.5, 0.6) is 0 Å². The summed E-state index contributed by atoms with van der Waals surface area (Å²) in [6.45, 7) is 8.35. The van der Waals surface area contributed by atoms with E-state index in [1.807, 2.05) is 36.5 Å². The van der Waals surface area contributed by atoms with Crippen molar-refractivity contribution < 1.29 is 4.79 Å². The van der Waals surface area contributed by atoms with Gasteiger partial charge in [-0.05, 0) is 31.2 Å². The minimum absolute atomic E-state index is 0.0451. The molecule has 1 atom stereocenters. The molecule has 1 amide bonds. The molecule has 134 valence electrons. The Morgan fingerprint density at radius 2 is 1.96 bits per heavy atom. The highest BCUT2D eigenvalue weighted by Crippen LogP contribution is 2.13. The van der Waals surface area contributed by atoms with Gasteiger partial charge in [-0.25, -0.2) is 4.68 Å². The molecule has 25 heavy (non-hydrogen) atoms. The van der Waals surface area contributed by atoms with E-state index in [1.54, 1.807) is 10.9 Å². The standard InChI is InChI=1S/C19H27N5O/c1-16(15-23-12-10-22(2)11-13-23)14-20-19(25)17-6-3-4-7-18(17)24-9-5-8-21-24/h3-9,16H,10-15H2,1-2H3,(H,20,25). The van der Waals surface area contributed by atoms with Crippen LogP contribution in [0, 0.1) is 5.92 Å². The van der Waals surface area contributed by atoms with Gasteiger partial charge in [0.25, 0.3) is 5.91 Å². The van der Waals surface area contributed by atoms with Gasteiger partial charge >= 0.3 is 0 Å². The zero-order valence-electron chi connectivity index (χ0n) is 15.1. The van der Waals surface area contributed by atoms with Crippen LogP contribution in [0.1, 0.15) is 17.3 Å². The van der Waals surface area contributed by atoms with Gasteiger partial charge in [-0.2, -0.15) is 5.10 Å². The van der Waals surface area contributed by atoms with Crippen LogP contribution >= 0.6 is 0 Å². The lowest BCUT2D eigenvalue weighted by atomic mass is 10.1. The Kier molecular flexibility index (Phi) is 5.83. The van der Waals surface area contributed by atoms with Crippen LogP contribution in [0.4, 0.5) is 0 Å². The molecule has 6 heteroatoms. The van der Waals surface area contributed by atoms with Crippen LogP contribution in [0.3, 0.4) is 0 Å². The minimum atomic E-state index is -0.0451. The highest BCUT2D eigenvalue weighted by atomic mass is 16.1. The summed E-state index contributed by atoms with van der Waals surface area (Å²) in [5.41, 5.74) is 1.45. The molecule has 1 aromatic carbocycles. The maximum atomic E-state index is 12.6. The number of hydrogen-bond acceptors (Lipinski definition) is 4. The van der Waals surface area contributed by atoms with E-state index >= 15 is 0 Å². The number of carbonyl (C=O) groups excluding carboxylic acids is 1. The van der Waals surface area contributed by atoms with Crippen LogP contribution in [-0.2, 0) is 0 Å². The number of rotatable bonds is 6. The third kappa shape index (κ3) is 4.67. The molecule has 2 heterocycles. The minimum Gasteiger partial charge on any atom is -0.352 e. The van der Waals surface area contributed by atoms with E-state index in [4.69, 9.17) is 0 Å². The molecule has 1 N–H and O–H groups in total. The molecule has 1 aliphatic rings. The summed E-state index contributed by atoms with van der Waals surface area (Å²) in [5, 5.41) is 7.32. The smallest absolute Gasteiger partial charge is 0.253 e. The van der Waals surface area contributed by atoms with E-state index < -0.39 is 0 Å². The van der Waals surface area contributed by atoms with E-state index in [0.717, 1.165) is 38.4 Å². The average molecular weight is 341 g/mol. The predicted molar refractivity (Wildman–Crippen MR) is 99.0 cm³/mol. The monoisotopic (exact) mass is 341 g/mol. The number of benzene rings is 1. The van der Waals surface area contributed by atoms with E-state index in [0.29, 0.717) is 18.0 Å². The Balaban J connectivity index is 1.54. The average Bonchev–Trinajstić information content (AvgIpc) is 3.16. The first-order chi connectivity index (χ1) is 12.1. The SMILES string of the molecule is CC(CNC(=O)c1ccccc1-n1cccn1)CN1CCN(C)CC1. The van der Waals surface area contributed by atoms with Crippen molar-refractivity contribution >= 4 is 5.91 Å². The molecule has 1 fully saturated rings. The van der Waals surface area contributed by atoms with E-state index in [9.17, 15) is 4.79 Å². The van der Waals surface area contributed by atoms with E-state index in [2.05, 4.69) is 34.2 Å². The number of amides is 1. The maximum Gasteiger partial charge on any atom is 0.253 e. The van der Waals surface area contributed by atoms with Crippen molar-refractivity contribution in [2.24, 2.45) is 5.92 Å². The van der Waals surface area contributed by atoms with Crippen LogP contribution in [-0.4, -0.2) is 71.8 Å². The van der Waals surface area contributed by atoms with Gasteiger partial charge in [0.1, 0.15) is 0 Å². The second-order valence-corrected chi connectivity index (χ2v) is 6.89. The molecule has 0 saturated carbocycles. The number of aromatic nitrogens is 2. The summed E-state index contributed by atoms with van der Waals surface area (Å²) < 4.78 is 1.72. The Bertz CT molecular complexity index is 677. The fourth-order valence-electron chi connectivity index (χ4n) is 3.17. The molecule has 1 unspecified atom stereocenters. The summed E-state index contributed by atoms with van der Waals surface area (Å²) in [6, 6.07) is 9.42. The first kappa shape index (κ1) is 17.6. The summed E-state index contributed by atoms with van der Waals surface area (Å²) in [5.74, 6) is 0.376. The van der Waals surface area contributed by atoms with Crippen LogP contribution in [0.2, 0.25) is 0 Å². The number of nitrogens with one attached hydrogen (secondary N) is 1. The lowest BCUT2D eigenvalue weighted by Gasteiger charge is -2.33. The highest BCUT2D eigenvalue weighted by molar-refractivity contribution is 5.97. The van der Waals surface area contributed by atoms with Gasteiger partial charge in [-0.3, -0.25) is 4.79 Å². The Morgan fingerprint density at radius 1 is 1.20 bits per heavy atom. The summed E-state index contributed by atoms with van der Waals surface area (Å²) in [6.07, 6.45) is 3.56. The first-order valence-electron chi connectivity index (χ1n) is 8.91. The highest BCUT2D eigenvalue weighted by Gasteiger charge is 2.17. The van der Waals surface area contributed by atoms with E-state index in [-0.39, 0.29) is 5.91 Å². The number of para-hydroxylation sites is 1. The van der Waals surface area contributed by atoms with Crippen molar-refractivity contribution in [2.45, 2.75) is 6.92 Å². The number of carbonyl (C=O) groups is 1. The van der Waals surface area contributed by atoms with Crippen molar-refractivity contribution in [1.29, 1.82) is 0 Å². The molecule has 0 aliphatic carbocycles. The third-order valence-electron chi connectivity index (χ3n) is 4.68. The number of likely N-dealkylation sites (N-methyl/N-ethyl adjacent to an activating group) is 1. The third-order valence-corrected chi connectivity index (χ3v) is 4.68. The quantitative estimate of drug-likeness (QED) is 0.865. The first-order valence-corrected chi connectivity index (χ1v) is 8.91. The lowest BCUT2D eigenvalue weighted by molar-refractivity contribution is 0.0937. The molecule has 6 nitrogen and oxygen atoms in total. The van der Waals surface area contributed by atoms with Crippen molar-refractivity contribution in [2.75, 3.05) is 46.3 Å². The zero-order chi connectivity index (χ0) is 17.6. The van der Waals surface area contributed by atoms with Crippen molar-refractivity contribution in [3.05, 3.63) is 48.3 Å². The summed E-state index contributed by atoms with van der Waals surface area (Å²) in [7, 11) is 2.16. The molecule has 1 aromatic heterocycles. The van der Waals surface area contributed by atoms with Crippen molar-refractivity contribution in [3.8, 4) is 5.69 Å². The van der Waals surface area contributed by atoms with Crippen LogP contribution in [0.25, 0.3) is 5.69 Å². The topological polar surface area (TPSA) is 53.4 Å². The molecule has 0 bridgehead atoms. The summed E-state index contributed by atoms with van der Waals surface area (Å²) in [4.78, 5) is 17.5. The zero-order valence-corrected chi connectivity index (χ0v) is 15.1. The molecule has 3 rings (SSSR count). The second-order valence-electron chi connectivity index (χ2n) is 6.89. The lowest BCUT2D eigenvalue weighted by Crippen LogP contribution is -2.46. The van der Waals surface area contributed by atoms with Crippen LogP contribution in [0.15, 0.2) is 42.7 Å². The van der Waals surface area contributed by atoms with Gasteiger partial charge in [0.05, 0.1) is 11.3 Å². The van der Waals surface area contributed by atoms with Crippen molar-refractivity contribution in [1.82, 2.24) is 24.9 Å². The largest absolute Gasteiger partial charge is 0.352 e. The maximum absolute atomic E-state index is 12.6. The van der Waals surface area contributed by atoms with Gasteiger partial charge in [0, 0.05) is 51.7 Å². The van der Waals surface area contributed by atoms with Gasteiger partial charge in [-0.15, -0.1) is 0 Å². The van der Waals surface area contributed by atoms with Crippen molar-refractivity contribution in [3.63, 3.8) is 0 Å². The number of hydrogen-bond donors (Lipinski definition) is 1. The molecular formula is C19H27N5O. The van der Waals surface area contributed by atoms with Gasteiger partial charge in [0.15, 0.2) is 0 Å². The second kappa shape index (κ2) is 8.27. The number of piperazine rings is 1. The molecule has 0 radical (unpaired) electrons. The van der Waals surface area contributed by atoms with E-state index in [1.165, 1.54) is 0 Å². The predicted octanol–water partition coefficient (Wildman–Crippen LogP) is 1.49. The van der Waals surface area contributed by atoms with Gasteiger partial charge in [-0.1, -0.05) is 19.1 Å². The Hall–Kier alpha value is -2.18. The fourth-order valence-corrected chi connectivity index (χ4v) is 3.17.